The van der Waals surface area contributed by atoms with Gasteiger partial charge in [-0.3, -0.25) is 0 Å². The van der Waals surface area contributed by atoms with Crippen LogP contribution in [0, 0.1) is 0 Å². The fraction of sp³-hybridized carbons (Fsp3) is 0.600. The van der Waals surface area contributed by atoms with Gasteiger partial charge >= 0.3 is 0 Å². The van der Waals surface area contributed by atoms with E-state index in [1.807, 2.05) is 13.0 Å². The Morgan fingerprint density at radius 3 is 2.82 bits per heavy atom. The molecule has 0 aromatic heterocycles. The average molecular weight is 152 g/mol. The summed E-state index contributed by atoms with van der Waals surface area (Å²) in [7, 11) is 0. The highest BCUT2D eigenvalue weighted by molar-refractivity contribution is 5.22. The zero-order valence-electron chi connectivity index (χ0n) is 7.09. The lowest BCUT2D eigenvalue weighted by Crippen LogP contribution is -2.02. The Labute approximate surface area is 68.4 Å². The van der Waals surface area contributed by atoms with Crippen LogP contribution in [0.2, 0.25) is 0 Å². The SMILES string of the molecule is CC(O)C1=C/CCCC/C=C\1. The normalized spacial score (nSPS) is 29.5. The third kappa shape index (κ3) is 2.89. The summed E-state index contributed by atoms with van der Waals surface area (Å²) in [6.07, 6.45) is 10.8. The van der Waals surface area contributed by atoms with Gasteiger partial charge in [-0.05, 0) is 38.2 Å². The first kappa shape index (κ1) is 8.54. The van der Waals surface area contributed by atoms with E-state index in [0.29, 0.717) is 0 Å². The molecule has 0 bridgehead atoms. The van der Waals surface area contributed by atoms with Gasteiger partial charge in [0.25, 0.3) is 0 Å². The number of hydrogen-bond donors (Lipinski definition) is 1. The Morgan fingerprint density at radius 2 is 2.09 bits per heavy atom. The molecule has 0 heterocycles. The molecule has 0 saturated carbocycles. The van der Waals surface area contributed by atoms with Gasteiger partial charge in [-0.2, -0.15) is 0 Å². The summed E-state index contributed by atoms with van der Waals surface area (Å²) < 4.78 is 0. The van der Waals surface area contributed by atoms with E-state index in [2.05, 4.69) is 12.2 Å². The second kappa shape index (κ2) is 4.35. The summed E-state index contributed by atoms with van der Waals surface area (Å²) >= 11 is 0. The van der Waals surface area contributed by atoms with Crippen molar-refractivity contribution in [3.05, 3.63) is 23.8 Å². The van der Waals surface area contributed by atoms with Gasteiger partial charge in [-0.1, -0.05) is 18.2 Å². The first-order valence-electron chi connectivity index (χ1n) is 4.35. The molecule has 1 nitrogen and oxygen atoms in total. The summed E-state index contributed by atoms with van der Waals surface area (Å²) in [6.45, 7) is 1.82. The van der Waals surface area contributed by atoms with Crippen LogP contribution in [-0.4, -0.2) is 11.2 Å². The molecule has 1 N–H and O–H groups in total. The van der Waals surface area contributed by atoms with Crippen LogP contribution >= 0.6 is 0 Å². The molecule has 1 heteroatoms. The Kier molecular flexibility index (Phi) is 3.37. The van der Waals surface area contributed by atoms with E-state index in [1.54, 1.807) is 0 Å². The van der Waals surface area contributed by atoms with Gasteiger partial charge in [0, 0.05) is 0 Å². The predicted molar refractivity (Wildman–Crippen MR) is 47.4 cm³/mol. The lowest BCUT2D eigenvalue weighted by molar-refractivity contribution is 0.234. The molecule has 1 aliphatic rings. The van der Waals surface area contributed by atoms with Crippen molar-refractivity contribution < 1.29 is 5.11 Å². The molecule has 0 radical (unpaired) electrons. The van der Waals surface area contributed by atoms with E-state index in [1.165, 1.54) is 12.8 Å². The second-order valence-corrected chi connectivity index (χ2v) is 3.07. The van der Waals surface area contributed by atoms with Crippen LogP contribution in [0.1, 0.15) is 32.6 Å². The Hall–Kier alpha value is -0.560. The summed E-state index contributed by atoms with van der Waals surface area (Å²) in [5.74, 6) is 0. The van der Waals surface area contributed by atoms with E-state index >= 15 is 0 Å². The van der Waals surface area contributed by atoms with Crippen LogP contribution in [0.5, 0.6) is 0 Å². The summed E-state index contributed by atoms with van der Waals surface area (Å²) in [4.78, 5) is 0. The third-order valence-corrected chi connectivity index (χ3v) is 2.00. The molecule has 1 unspecified atom stereocenters. The highest BCUT2D eigenvalue weighted by Gasteiger charge is 2.01. The van der Waals surface area contributed by atoms with Gasteiger partial charge in [0.1, 0.15) is 0 Å². The maximum Gasteiger partial charge on any atom is 0.0758 e. The average Bonchev–Trinajstić information content (AvgIpc) is 1.84. The van der Waals surface area contributed by atoms with Crippen molar-refractivity contribution in [2.24, 2.45) is 0 Å². The van der Waals surface area contributed by atoms with Crippen LogP contribution in [0.25, 0.3) is 0 Å². The van der Waals surface area contributed by atoms with E-state index in [-0.39, 0.29) is 6.10 Å². The van der Waals surface area contributed by atoms with Crippen molar-refractivity contribution in [1.82, 2.24) is 0 Å². The summed E-state index contributed by atoms with van der Waals surface area (Å²) in [5, 5.41) is 9.27. The fourth-order valence-corrected chi connectivity index (χ4v) is 1.27. The van der Waals surface area contributed by atoms with Gasteiger partial charge in [-0.25, -0.2) is 0 Å². The van der Waals surface area contributed by atoms with Crippen molar-refractivity contribution in [1.29, 1.82) is 0 Å². The van der Waals surface area contributed by atoms with Crippen molar-refractivity contribution in [2.75, 3.05) is 0 Å². The molecule has 0 fully saturated rings. The van der Waals surface area contributed by atoms with Gasteiger partial charge in [0.15, 0.2) is 0 Å². The van der Waals surface area contributed by atoms with E-state index in [4.69, 9.17) is 0 Å². The van der Waals surface area contributed by atoms with Crippen molar-refractivity contribution in [2.45, 2.75) is 38.7 Å². The molecular weight excluding hydrogens is 136 g/mol. The van der Waals surface area contributed by atoms with E-state index in [9.17, 15) is 5.11 Å². The molecular formula is C10H16O. The standard InChI is InChI=1S/C10H16O/c1-9(11)10-7-5-3-2-4-6-8-10/h5,7-9,11H,2-4,6H2,1H3/b7-5-,10-8+. The van der Waals surface area contributed by atoms with Crippen LogP contribution < -0.4 is 0 Å². The minimum absolute atomic E-state index is 0.302. The highest BCUT2D eigenvalue weighted by Crippen LogP contribution is 2.13. The number of hydrogen-bond acceptors (Lipinski definition) is 1. The molecule has 1 atom stereocenters. The predicted octanol–water partition coefficient (Wildman–Crippen LogP) is 2.42. The van der Waals surface area contributed by atoms with Gasteiger partial charge in [0.2, 0.25) is 0 Å². The maximum absolute atomic E-state index is 9.27. The van der Waals surface area contributed by atoms with Crippen LogP contribution in [-0.2, 0) is 0 Å². The Bertz CT molecular complexity index is 166. The fourth-order valence-electron chi connectivity index (χ4n) is 1.27. The molecule has 0 spiro atoms. The zero-order chi connectivity index (χ0) is 8.10. The first-order chi connectivity index (χ1) is 5.30. The second-order valence-electron chi connectivity index (χ2n) is 3.07. The lowest BCUT2D eigenvalue weighted by atomic mass is 10.0. The minimum Gasteiger partial charge on any atom is -0.389 e. The zero-order valence-corrected chi connectivity index (χ0v) is 7.09. The smallest absolute Gasteiger partial charge is 0.0758 e. The van der Waals surface area contributed by atoms with E-state index < -0.39 is 0 Å². The van der Waals surface area contributed by atoms with Gasteiger partial charge in [0.05, 0.1) is 6.10 Å². The first-order valence-corrected chi connectivity index (χ1v) is 4.35. The van der Waals surface area contributed by atoms with Crippen LogP contribution in [0.15, 0.2) is 23.8 Å². The monoisotopic (exact) mass is 152 g/mol. The largest absolute Gasteiger partial charge is 0.389 e. The lowest BCUT2D eigenvalue weighted by Gasteiger charge is -2.07. The third-order valence-electron chi connectivity index (χ3n) is 2.00. The molecule has 1 rings (SSSR count). The quantitative estimate of drug-likeness (QED) is 0.611. The topological polar surface area (TPSA) is 20.2 Å². The highest BCUT2D eigenvalue weighted by atomic mass is 16.3. The van der Waals surface area contributed by atoms with Crippen LogP contribution in [0.3, 0.4) is 0 Å². The van der Waals surface area contributed by atoms with Gasteiger partial charge in [-0.15, -0.1) is 0 Å². The summed E-state index contributed by atoms with van der Waals surface area (Å²) in [6, 6.07) is 0. The van der Waals surface area contributed by atoms with Crippen molar-refractivity contribution >= 4 is 0 Å². The summed E-state index contributed by atoms with van der Waals surface area (Å²) in [5.41, 5.74) is 1.07. The maximum atomic E-state index is 9.27. The minimum atomic E-state index is -0.302. The number of aliphatic hydroxyl groups excluding tert-OH is 1. The molecule has 0 aromatic rings. The molecule has 1 aliphatic carbocycles. The molecule has 62 valence electrons. The van der Waals surface area contributed by atoms with Crippen LogP contribution in [0.4, 0.5) is 0 Å². The Morgan fingerprint density at radius 1 is 1.36 bits per heavy atom. The number of allylic oxidation sites excluding steroid dienone is 2. The molecule has 11 heavy (non-hydrogen) atoms. The molecule has 0 aromatic carbocycles. The van der Waals surface area contributed by atoms with Crippen molar-refractivity contribution in [3.8, 4) is 0 Å². The molecule has 0 amide bonds. The van der Waals surface area contributed by atoms with E-state index in [0.717, 1.165) is 18.4 Å². The van der Waals surface area contributed by atoms with Gasteiger partial charge < -0.3 is 5.11 Å². The van der Waals surface area contributed by atoms with Crippen molar-refractivity contribution in [3.63, 3.8) is 0 Å². The molecule has 0 saturated heterocycles. The number of rotatable bonds is 1. The Balaban J connectivity index is 2.59. The molecule has 0 aliphatic heterocycles. The number of aliphatic hydroxyl groups is 1.